The molecule has 0 unspecified atom stereocenters. The van der Waals surface area contributed by atoms with Gasteiger partial charge in [0.05, 0.1) is 0 Å². The Kier molecular flexibility index (Phi) is 5.65. The Labute approximate surface area is 152 Å². The molecular formula is C19H23N3O4. The van der Waals surface area contributed by atoms with Crippen molar-refractivity contribution in [3.8, 4) is 0 Å². The summed E-state index contributed by atoms with van der Waals surface area (Å²) in [6.07, 6.45) is 4.92. The molecule has 2 aliphatic rings. The zero-order valence-corrected chi connectivity index (χ0v) is 14.6. The smallest absolute Gasteiger partial charge is 0.334 e. The van der Waals surface area contributed by atoms with Crippen molar-refractivity contribution in [2.24, 2.45) is 0 Å². The van der Waals surface area contributed by atoms with E-state index in [9.17, 15) is 19.2 Å². The Bertz CT molecular complexity index is 698. The van der Waals surface area contributed by atoms with Crippen LogP contribution in [-0.2, 0) is 20.8 Å². The number of rotatable bonds is 7. The minimum atomic E-state index is -0.902. The van der Waals surface area contributed by atoms with Crippen molar-refractivity contribution >= 4 is 23.8 Å². The van der Waals surface area contributed by atoms with Crippen LogP contribution in [0.5, 0.6) is 0 Å². The van der Waals surface area contributed by atoms with E-state index in [-0.39, 0.29) is 6.04 Å². The molecule has 3 rings (SSSR count). The molecule has 1 saturated carbocycles. The molecule has 7 heteroatoms. The summed E-state index contributed by atoms with van der Waals surface area (Å²) < 4.78 is 0. The fourth-order valence-electron chi connectivity index (χ4n) is 3.51. The van der Waals surface area contributed by atoms with Crippen LogP contribution in [0.1, 0.15) is 37.7 Å². The molecule has 26 heavy (non-hydrogen) atoms. The second-order valence-electron chi connectivity index (χ2n) is 6.73. The second-order valence-corrected chi connectivity index (χ2v) is 6.73. The van der Waals surface area contributed by atoms with Gasteiger partial charge >= 0.3 is 17.8 Å². The zero-order valence-electron chi connectivity index (χ0n) is 14.6. The topological polar surface area (TPSA) is 86.8 Å². The van der Waals surface area contributed by atoms with Gasteiger partial charge in [-0.25, -0.2) is 9.69 Å². The fourth-order valence-corrected chi connectivity index (χ4v) is 3.51. The summed E-state index contributed by atoms with van der Waals surface area (Å²) in [7, 11) is 0. The van der Waals surface area contributed by atoms with Gasteiger partial charge in [-0.1, -0.05) is 43.2 Å². The number of urea groups is 1. The highest BCUT2D eigenvalue weighted by Gasteiger charge is 2.48. The standard InChI is InChI=1S/C19H23N3O4/c23-16(20-12-6-9-14-7-2-1-3-8-14)13-21-17(24)18(25)22(19(21)26)15-10-4-5-11-15/h1-3,7-8,15H,4-6,9-13H2,(H,20,23). The summed E-state index contributed by atoms with van der Waals surface area (Å²) in [5, 5.41) is 2.71. The second kappa shape index (κ2) is 8.12. The number of hydrogen-bond acceptors (Lipinski definition) is 4. The van der Waals surface area contributed by atoms with E-state index in [0.717, 1.165) is 48.3 Å². The van der Waals surface area contributed by atoms with Crippen molar-refractivity contribution in [1.29, 1.82) is 0 Å². The first-order valence-electron chi connectivity index (χ1n) is 9.07. The SMILES string of the molecule is O=C(CN1C(=O)C(=O)N(C2CCCC2)C1=O)NCCCc1ccccc1. The summed E-state index contributed by atoms with van der Waals surface area (Å²) >= 11 is 0. The molecule has 138 valence electrons. The molecule has 0 spiro atoms. The van der Waals surface area contributed by atoms with Crippen molar-refractivity contribution in [3.05, 3.63) is 35.9 Å². The molecule has 1 N–H and O–H groups in total. The highest BCUT2D eigenvalue weighted by molar-refractivity contribution is 6.45. The van der Waals surface area contributed by atoms with Gasteiger partial charge in [-0.2, -0.15) is 0 Å². The maximum Gasteiger partial charge on any atom is 0.334 e. The fraction of sp³-hybridized carbons (Fsp3) is 0.474. The summed E-state index contributed by atoms with van der Waals surface area (Å²) in [6.45, 7) is 0.0438. The lowest BCUT2D eigenvalue weighted by atomic mass is 10.1. The van der Waals surface area contributed by atoms with E-state index in [2.05, 4.69) is 5.32 Å². The number of nitrogens with one attached hydrogen (secondary N) is 1. The van der Waals surface area contributed by atoms with Gasteiger partial charge in [0.15, 0.2) is 0 Å². The van der Waals surface area contributed by atoms with E-state index in [1.807, 2.05) is 30.3 Å². The molecule has 5 amide bonds. The Hall–Kier alpha value is -2.70. The maximum absolute atomic E-state index is 12.4. The third-order valence-corrected chi connectivity index (χ3v) is 4.88. The van der Waals surface area contributed by atoms with E-state index >= 15 is 0 Å². The van der Waals surface area contributed by atoms with E-state index in [0.29, 0.717) is 6.54 Å². The first-order chi connectivity index (χ1) is 12.6. The third kappa shape index (κ3) is 3.92. The average molecular weight is 357 g/mol. The molecule has 0 bridgehead atoms. The van der Waals surface area contributed by atoms with Crippen molar-refractivity contribution in [1.82, 2.24) is 15.1 Å². The van der Waals surface area contributed by atoms with Crippen LogP contribution < -0.4 is 5.32 Å². The first-order valence-corrected chi connectivity index (χ1v) is 9.07. The van der Waals surface area contributed by atoms with Crippen LogP contribution in [0.4, 0.5) is 4.79 Å². The van der Waals surface area contributed by atoms with Crippen LogP contribution in [0.25, 0.3) is 0 Å². The molecule has 1 aromatic carbocycles. The van der Waals surface area contributed by atoms with Crippen LogP contribution in [0.2, 0.25) is 0 Å². The van der Waals surface area contributed by atoms with Crippen LogP contribution in [-0.4, -0.2) is 52.7 Å². The van der Waals surface area contributed by atoms with Gasteiger partial charge in [0.2, 0.25) is 5.91 Å². The quantitative estimate of drug-likeness (QED) is 0.455. The number of aryl methyl sites for hydroxylation is 1. The number of amides is 5. The number of hydrogen-bond donors (Lipinski definition) is 1. The largest absolute Gasteiger partial charge is 0.355 e. The Morgan fingerprint density at radius 3 is 2.42 bits per heavy atom. The summed E-state index contributed by atoms with van der Waals surface area (Å²) in [4.78, 5) is 50.4. The minimum Gasteiger partial charge on any atom is -0.355 e. The third-order valence-electron chi connectivity index (χ3n) is 4.88. The van der Waals surface area contributed by atoms with Crippen molar-refractivity contribution in [2.75, 3.05) is 13.1 Å². The van der Waals surface area contributed by atoms with E-state index in [4.69, 9.17) is 0 Å². The van der Waals surface area contributed by atoms with Crippen LogP contribution in [0, 0.1) is 0 Å². The molecule has 0 radical (unpaired) electrons. The maximum atomic E-state index is 12.4. The van der Waals surface area contributed by atoms with Crippen molar-refractivity contribution in [2.45, 2.75) is 44.6 Å². The van der Waals surface area contributed by atoms with Gasteiger partial charge in [-0.3, -0.25) is 19.3 Å². The molecule has 2 fully saturated rings. The predicted molar refractivity (Wildman–Crippen MR) is 94.0 cm³/mol. The lowest BCUT2D eigenvalue weighted by Gasteiger charge is -2.20. The molecule has 7 nitrogen and oxygen atoms in total. The van der Waals surface area contributed by atoms with Crippen LogP contribution in [0.3, 0.4) is 0 Å². The van der Waals surface area contributed by atoms with E-state index in [1.165, 1.54) is 5.56 Å². The molecule has 1 aliphatic carbocycles. The lowest BCUT2D eigenvalue weighted by molar-refractivity contribution is -0.144. The first kappa shape index (κ1) is 18.1. The Balaban J connectivity index is 1.46. The monoisotopic (exact) mass is 357 g/mol. The van der Waals surface area contributed by atoms with Crippen LogP contribution in [0.15, 0.2) is 30.3 Å². The molecule has 1 aliphatic heterocycles. The van der Waals surface area contributed by atoms with Gasteiger partial charge in [-0.05, 0) is 31.2 Å². The van der Waals surface area contributed by atoms with Crippen molar-refractivity contribution < 1.29 is 19.2 Å². The normalized spacial score (nSPS) is 18.1. The van der Waals surface area contributed by atoms with Gasteiger partial charge < -0.3 is 5.32 Å². The van der Waals surface area contributed by atoms with Crippen LogP contribution >= 0.6 is 0 Å². The number of carbonyl (C=O) groups excluding carboxylic acids is 4. The highest BCUT2D eigenvalue weighted by Crippen LogP contribution is 2.27. The summed E-state index contributed by atoms with van der Waals surface area (Å²) in [5.74, 6) is -2.14. The Morgan fingerprint density at radius 1 is 1.04 bits per heavy atom. The van der Waals surface area contributed by atoms with E-state index < -0.39 is 30.3 Å². The molecule has 1 saturated heterocycles. The number of carbonyl (C=O) groups is 4. The number of imide groups is 2. The minimum absolute atomic E-state index is 0.210. The Morgan fingerprint density at radius 2 is 1.73 bits per heavy atom. The number of nitrogens with zero attached hydrogens (tertiary/aromatic N) is 2. The summed E-state index contributed by atoms with van der Waals surface area (Å²) in [6, 6.07) is 9.05. The van der Waals surface area contributed by atoms with Gasteiger partial charge in [0, 0.05) is 12.6 Å². The predicted octanol–water partition coefficient (Wildman–Crippen LogP) is 1.47. The molecule has 0 aromatic heterocycles. The van der Waals surface area contributed by atoms with Gasteiger partial charge in [0.25, 0.3) is 0 Å². The molecule has 1 aromatic rings. The summed E-state index contributed by atoms with van der Waals surface area (Å²) in [5.41, 5.74) is 1.18. The van der Waals surface area contributed by atoms with Gasteiger partial charge in [-0.15, -0.1) is 0 Å². The molecular weight excluding hydrogens is 334 g/mol. The van der Waals surface area contributed by atoms with E-state index in [1.54, 1.807) is 0 Å². The van der Waals surface area contributed by atoms with Crippen molar-refractivity contribution in [3.63, 3.8) is 0 Å². The number of benzene rings is 1. The van der Waals surface area contributed by atoms with Gasteiger partial charge in [0.1, 0.15) is 6.54 Å². The lowest BCUT2D eigenvalue weighted by Crippen LogP contribution is -2.43. The molecule has 0 atom stereocenters. The zero-order chi connectivity index (χ0) is 18.5. The molecule has 1 heterocycles. The average Bonchev–Trinajstić information content (AvgIpc) is 3.23. The highest BCUT2D eigenvalue weighted by atomic mass is 16.2.